The van der Waals surface area contributed by atoms with Gasteiger partial charge < -0.3 is 5.32 Å². The lowest BCUT2D eigenvalue weighted by Crippen LogP contribution is -2.11. The molecule has 0 saturated heterocycles. The molecule has 1 unspecified atom stereocenters. The van der Waals surface area contributed by atoms with Gasteiger partial charge in [-0.1, -0.05) is 0 Å². The summed E-state index contributed by atoms with van der Waals surface area (Å²) in [6.07, 6.45) is 1.82. The summed E-state index contributed by atoms with van der Waals surface area (Å²) in [4.78, 5) is 4.29. The Kier molecular flexibility index (Phi) is 2.89. The van der Waals surface area contributed by atoms with Crippen LogP contribution in [0.5, 0.6) is 0 Å². The van der Waals surface area contributed by atoms with E-state index < -0.39 is 0 Å². The summed E-state index contributed by atoms with van der Waals surface area (Å²) in [5.41, 5.74) is 0. The summed E-state index contributed by atoms with van der Waals surface area (Å²) in [5.74, 6) is 0.935. The quantitative estimate of drug-likeness (QED) is 0.813. The smallest absolute Gasteiger partial charge is 0.143 e. The van der Waals surface area contributed by atoms with Gasteiger partial charge in [-0.25, -0.2) is 4.98 Å². The zero-order valence-corrected chi connectivity index (χ0v) is 9.40. The monoisotopic (exact) mass is 226 g/mol. The van der Waals surface area contributed by atoms with Gasteiger partial charge in [-0.3, -0.25) is 0 Å². The molecule has 2 nitrogen and oxygen atoms in total. The van der Waals surface area contributed by atoms with Gasteiger partial charge in [0.1, 0.15) is 5.82 Å². The summed E-state index contributed by atoms with van der Waals surface area (Å²) in [6.45, 7) is 2.70. The Morgan fingerprint density at radius 3 is 3.21 bits per heavy atom. The van der Waals surface area contributed by atoms with Crippen LogP contribution in [0.15, 0.2) is 23.7 Å². The molecule has 0 fully saturated rings. The Morgan fingerprint density at radius 1 is 1.57 bits per heavy atom. The molecule has 0 aromatic carbocycles. The number of pyridine rings is 1. The number of halogens is 1. The zero-order valence-electron chi connectivity index (χ0n) is 7.83. The van der Waals surface area contributed by atoms with E-state index in [1.165, 1.54) is 10.1 Å². The van der Waals surface area contributed by atoms with Gasteiger partial charge in [0.15, 0.2) is 0 Å². The molecule has 0 amide bonds. The van der Waals surface area contributed by atoms with Gasteiger partial charge in [0.25, 0.3) is 0 Å². The third-order valence-electron chi connectivity index (χ3n) is 1.92. The second-order valence-electron chi connectivity index (χ2n) is 3.16. The van der Waals surface area contributed by atoms with Gasteiger partial charge in [0, 0.05) is 18.1 Å². The summed E-state index contributed by atoms with van der Waals surface area (Å²) in [7, 11) is 0. The van der Waals surface area contributed by atoms with Crippen molar-refractivity contribution >= 4 is 38.8 Å². The largest absolute Gasteiger partial charge is 0.367 e. The predicted molar refractivity (Wildman–Crippen MR) is 63.4 cm³/mol. The molecule has 2 aromatic rings. The number of hydrogen-bond donors (Lipinski definition) is 1. The van der Waals surface area contributed by atoms with Gasteiger partial charge in [-0.15, -0.1) is 22.9 Å². The molecule has 0 aliphatic carbocycles. The first-order valence-electron chi connectivity index (χ1n) is 4.47. The molecule has 4 heteroatoms. The van der Waals surface area contributed by atoms with Crippen LogP contribution in [0.25, 0.3) is 10.1 Å². The van der Waals surface area contributed by atoms with Crippen LogP contribution in [0.1, 0.15) is 6.92 Å². The van der Waals surface area contributed by atoms with Gasteiger partial charge in [0.2, 0.25) is 0 Å². The average Bonchev–Trinajstić information content (AvgIpc) is 2.62. The van der Waals surface area contributed by atoms with Crippen molar-refractivity contribution in [3.05, 3.63) is 23.7 Å². The van der Waals surface area contributed by atoms with Crippen LogP contribution >= 0.6 is 22.9 Å². The van der Waals surface area contributed by atoms with E-state index in [1.807, 2.05) is 19.2 Å². The van der Waals surface area contributed by atoms with Crippen molar-refractivity contribution in [2.45, 2.75) is 12.3 Å². The molecule has 1 N–H and O–H groups in total. The number of alkyl halides is 1. The van der Waals surface area contributed by atoms with Crippen molar-refractivity contribution in [3.63, 3.8) is 0 Å². The van der Waals surface area contributed by atoms with Crippen molar-refractivity contribution in [3.8, 4) is 0 Å². The third kappa shape index (κ3) is 1.99. The highest BCUT2D eigenvalue weighted by Crippen LogP contribution is 2.26. The fraction of sp³-hybridized carbons (Fsp3) is 0.300. The van der Waals surface area contributed by atoms with Crippen LogP contribution in [0.4, 0.5) is 5.82 Å². The van der Waals surface area contributed by atoms with E-state index >= 15 is 0 Å². The van der Waals surface area contributed by atoms with Crippen LogP contribution in [0.2, 0.25) is 0 Å². The first kappa shape index (κ1) is 9.74. The van der Waals surface area contributed by atoms with E-state index in [0.29, 0.717) is 0 Å². The van der Waals surface area contributed by atoms with Crippen LogP contribution in [0.3, 0.4) is 0 Å². The second-order valence-corrected chi connectivity index (χ2v) is 4.82. The molecule has 2 heterocycles. The first-order chi connectivity index (χ1) is 6.77. The maximum Gasteiger partial charge on any atom is 0.143 e. The Bertz CT molecular complexity index is 425. The Balaban J connectivity index is 2.27. The highest BCUT2D eigenvalue weighted by Gasteiger charge is 2.03. The van der Waals surface area contributed by atoms with Gasteiger partial charge >= 0.3 is 0 Å². The molecule has 2 rings (SSSR count). The van der Waals surface area contributed by atoms with Crippen molar-refractivity contribution in [2.75, 3.05) is 11.9 Å². The van der Waals surface area contributed by atoms with Crippen LogP contribution in [-0.2, 0) is 0 Å². The zero-order chi connectivity index (χ0) is 9.97. The fourth-order valence-electron chi connectivity index (χ4n) is 1.26. The van der Waals surface area contributed by atoms with E-state index in [2.05, 4.69) is 21.7 Å². The Hall–Kier alpha value is -0.800. The molecule has 2 aromatic heterocycles. The highest BCUT2D eigenvalue weighted by atomic mass is 35.5. The molecular formula is C10H11ClN2S. The SMILES string of the molecule is CC(Cl)CNc1nccc2ccsc12. The molecule has 14 heavy (non-hydrogen) atoms. The number of fused-ring (bicyclic) bond motifs is 1. The van der Waals surface area contributed by atoms with Crippen LogP contribution in [-0.4, -0.2) is 16.9 Å². The third-order valence-corrected chi connectivity index (χ3v) is 3.01. The van der Waals surface area contributed by atoms with Gasteiger partial charge in [-0.2, -0.15) is 0 Å². The predicted octanol–water partition coefficient (Wildman–Crippen LogP) is 3.34. The normalized spacial score (nSPS) is 13.0. The Morgan fingerprint density at radius 2 is 2.43 bits per heavy atom. The van der Waals surface area contributed by atoms with Crippen LogP contribution < -0.4 is 5.32 Å². The number of aromatic nitrogens is 1. The number of thiophene rings is 1. The van der Waals surface area contributed by atoms with Crippen LogP contribution in [0, 0.1) is 0 Å². The first-order valence-corrected chi connectivity index (χ1v) is 5.79. The average molecular weight is 227 g/mol. The lowest BCUT2D eigenvalue weighted by Gasteiger charge is -2.07. The molecular weight excluding hydrogens is 216 g/mol. The molecule has 0 aliphatic heterocycles. The number of rotatable bonds is 3. The van der Waals surface area contributed by atoms with E-state index in [9.17, 15) is 0 Å². The van der Waals surface area contributed by atoms with Crippen molar-refractivity contribution < 1.29 is 0 Å². The number of hydrogen-bond acceptors (Lipinski definition) is 3. The van der Waals surface area contributed by atoms with Crippen molar-refractivity contribution in [1.82, 2.24) is 4.98 Å². The minimum absolute atomic E-state index is 0.118. The summed E-state index contributed by atoms with van der Waals surface area (Å²) >= 11 is 7.56. The van der Waals surface area contributed by atoms with Gasteiger partial charge in [-0.05, 0) is 29.8 Å². The summed E-state index contributed by atoms with van der Waals surface area (Å²) in [5, 5.41) is 6.66. The minimum atomic E-state index is 0.118. The summed E-state index contributed by atoms with van der Waals surface area (Å²) in [6, 6.07) is 4.11. The van der Waals surface area contributed by atoms with Crippen molar-refractivity contribution in [2.24, 2.45) is 0 Å². The minimum Gasteiger partial charge on any atom is -0.367 e. The number of nitrogens with one attached hydrogen (secondary N) is 1. The maximum absolute atomic E-state index is 5.87. The molecule has 0 aliphatic rings. The fourth-order valence-corrected chi connectivity index (χ4v) is 2.19. The second kappa shape index (κ2) is 4.15. The summed E-state index contributed by atoms with van der Waals surface area (Å²) < 4.78 is 1.20. The van der Waals surface area contributed by atoms with E-state index in [4.69, 9.17) is 11.6 Å². The topological polar surface area (TPSA) is 24.9 Å². The molecule has 0 bridgehead atoms. The Labute approximate surface area is 91.9 Å². The standard InChI is InChI=1S/C10H11ClN2S/c1-7(11)6-13-10-9-8(2-4-12-10)3-5-14-9/h2-5,7H,6H2,1H3,(H,12,13). The highest BCUT2D eigenvalue weighted by molar-refractivity contribution is 7.17. The molecule has 0 spiro atoms. The molecule has 0 radical (unpaired) electrons. The molecule has 0 saturated carbocycles. The maximum atomic E-state index is 5.87. The molecule has 1 atom stereocenters. The lowest BCUT2D eigenvalue weighted by atomic mass is 10.3. The van der Waals surface area contributed by atoms with E-state index in [-0.39, 0.29) is 5.38 Å². The van der Waals surface area contributed by atoms with Gasteiger partial charge in [0.05, 0.1) is 4.70 Å². The van der Waals surface area contributed by atoms with E-state index in [0.717, 1.165) is 12.4 Å². The number of nitrogens with zero attached hydrogens (tertiary/aromatic N) is 1. The number of anilines is 1. The lowest BCUT2D eigenvalue weighted by molar-refractivity contribution is 0.981. The van der Waals surface area contributed by atoms with Crippen molar-refractivity contribution in [1.29, 1.82) is 0 Å². The van der Waals surface area contributed by atoms with E-state index in [1.54, 1.807) is 11.3 Å². The molecule has 74 valence electrons.